The first-order valence-electron chi connectivity index (χ1n) is 8.98. The van der Waals surface area contributed by atoms with Crippen molar-refractivity contribution in [2.24, 2.45) is 0 Å². The Morgan fingerprint density at radius 1 is 0.933 bits per heavy atom. The molecule has 1 amide bonds. The van der Waals surface area contributed by atoms with Crippen LogP contribution in [-0.2, 0) is 0 Å². The van der Waals surface area contributed by atoms with E-state index in [4.69, 9.17) is 34.8 Å². The van der Waals surface area contributed by atoms with Gasteiger partial charge < -0.3 is 5.32 Å². The number of amides is 1. The van der Waals surface area contributed by atoms with E-state index in [1.165, 1.54) is 0 Å². The fourth-order valence-electron chi connectivity index (χ4n) is 2.86. The van der Waals surface area contributed by atoms with Crippen molar-refractivity contribution in [3.05, 3.63) is 93.2 Å². The average molecular weight is 458 g/mol. The number of hydrogen-bond acceptors (Lipinski definition) is 3. The number of nitrogens with one attached hydrogen (secondary N) is 1. The molecule has 30 heavy (non-hydrogen) atoms. The molecule has 150 valence electrons. The van der Waals surface area contributed by atoms with Gasteiger partial charge in [-0.15, -0.1) is 5.10 Å². The van der Waals surface area contributed by atoms with Gasteiger partial charge in [-0.1, -0.05) is 65.1 Å². The standard InChI is InChI=1S/C22H15Cl3N4O/c1-13-9-10-16(12-18(13)25)29-21(14-5-4-6-15(23)11-14)27-20(28-29)22(30)26-19-8-3-2-7-17(19)24/h2-12H,1H3,(H,26,30). The highest BCUT2D eigenvalue weighted by Gasteiger charge is 2.20. The van der Waals surface area contributed by atoms with Crippen LogP contribution in [0.25, 0.3) is 17.1 Å². The Kier molecular flexibility index (Phi) is 5.77. The first-order valence-corrected chi connectivity index (χ1v) is 10.1. The van der Waals surface area contributed by atoms with Gasteiger partial charge in [-0.2, -0.15) is 0 Å². The van der Waals surface area contributed by atoms with Gasteiger partial charge in [0.2, 0.25) is 5.82 Å². The molecular weight excluding hydrogens is 443 g/mol. The van der Waals surface area contributed by atoms with Crippen molar-refractivity contribution >= 4 is 46.4 Å². The highest BCUT2D eigenvalue weighted by molar-refractivity contribution is 6.34. The smallest absolute Gasteiger partial charge is 0.295 e. The summed E-state index contributed by atoms with van der Waals surface area (Å²) in [7, 11) is 0. The number of anilines is 1. The van der Waals surface area contributed by atoms with E-state index in [1.54, 1.807) is 47.1 Å². The summed E-state index contributed by atoms with van der Waals surface area (Å²) >= 11 is 18.6. The van der Waals surface area contributed by atoms with Gasteiger partial charge in [0.1, 0.15) is 0 Å². The van der Waals surface area contributed by atoms with Crippen molar-refractivity contribution in [1.29, 1.82) is 0 Å². The average Bonchev–Trinajstić information content (AvgIpc) is 3.17. The van der Waals surface area contributed by atoms with Gasteiger partial charge in [0.25, 0.3) is 5.91 Å². The molecule has 4 aromatic rings. The minimum absolute atomic E-state index is 0.0124. The Balaban J connectivity index is 1.80. The fourth-order valence-corrected chi connectivity index (χ4v) is 3.41. The molecule has 8 heteroatoms. The lowest BCUT2D eigenvalue weighted by atomic mass is 10.2. The minimum Gasteiger partial charge on any atom is -0.318 e. The largest absolute Gasteiger partial charge is 0.318 e. The third-order valence-electron chi connectivity index (χ3n) is 4.42. The van der Waals surface area contributed by atoms with Gasteiger partial charge >= 0.3 is 0 Å². The molecule has 0 aliphatic rings. The molecule has 4 rings (SSSR count). The van der Waals surface area contributed by atoms with Crippen LogP contribution in [0.3, 0.4) is 0 Å². The maximum Gasteiger partial charge on any atom is 0.295 e. The number of halogens is 3. The summed E-state index contributed by atoms with van der Waals surface area (Å²) in [6.07, 6.45) is 0. The fraction of sp³-hybridized carbons (Fsp3) is 0.0455. The van der Waals surface area contributed by atoms with E-state index in [0.29, 0.717) is 37.8 Å². The molecule has 0 saturated carbocycles. The maximum atomic E-state index is 12.8. The van der Waals surface area contributed by atoms with Crippen LogP contribution in [0.15, 0.2) is 66.7 Å². The zero-order valence-corrected chi connectivity index (χ0v) is 18.0. The lowest BCUT2D eigenvalue weighted by Gasteiger charge is -2.08. The van der Waals surface area contributed by atoms with E-state index in [2.05, 4.69) is 15.4 Å². The highest BCUT2D eigenvalue weighted by Crippen LogP contribution is 2.27. The van der Waals surface area contributed by atoms with E-state index in [0.717, 1.165) is 5.56 Å². The summed E-state index contributed by atoms with van der Waals surface area (Å²) < 4.78 is 1.57. The van der Waals surface area contributed by atoms with E-state index in [1.807, 2.05) is 31.2 Å². The molecule has 3 aromatic carbocycles. The second kappa shape index (κ2) is 8.48. The third-order valence-corrected chi connectivity index (χ3v) is 5.39. The first kappa shape index (κ1) is 20.4. The number of carbonyl (C=O) groups excluding carboxylic acids is 1. The zero-order valence-electron chi connectivity index (χ0n) is 15.7. The minimum atomic E-state index is -0.483. The SMILES string of the molecule is Cc1ccc(-n2nc(C(=O)Nc3ccccc3Cl)nc2-c2cccc(Cl)c2)cc1Cl. The van der Waals surface area contributed by atoms with E-state index in [-0.39, 0.29) is 5.82 Å². The van der Waals surface area contributed by atoms with Crippen molar-refractivity contribution in [2.75, 3.05) is 5.32 Å². The molecule has 1 heterocycles. The van der Waals surface area contributed by atoms with Crippen LogP contribution in [0.1, 0.15) is 16.2 Å². The summed E-state index contributed by atoms with van der Waals surface area (Å²) in [6.45, 7) is 1.91. The topological polar surface area (TPSA) is 59.8 Å². The van der Waals surface area contributed by atoms with Gasteiger partial charge in [-0.3, -0.25) is 4.79 Å². The normalized spacial score (nSPS) is 10.8. The Morgan fingerprint density at radius 3 is 2.47 bits per heavy atom. The van der Waals surface area contributed by atoms with Gasteiger partial charge in [0.05, 0.1) is 16.4 Å². The molecule has 0 unspecified atom stereocenters. The number of rotatable bonds is 4. The maximum absolute atomic E-state index is 12.8. The molecule has 0 saturated heterocycles. The van der Waals surface area contributed by atoms with Crippen molar-refractivity contribution in [3.8, 4) is 17.1 Å². The predicted octanol–water partition coefficient (Wildman–Crippen LogP) is 6.46. The number of hydrogen-bond donors (Lipinski definition) is 1. The molecule has 0 atom stereocenters. The van der Waals surface area contributed by atoms with Crippen molar-refractivity contribution in [2.45, 2.75) is 6.92 Å². The van der Waals surface area contributed by atoms with Crippen LogP contribution < -0.4 is 5.32 Å². The van der Waals surface area contributed by atoms with Gasteiger partial charge in [-0.05, 0) is 48.9 Å². The van der Waals surface area contributed by atoms with Crippen molar-refractivity contribution in [1.82, 2.24) is 14.8 Å². The number of nitrogens with zero attached hydrogens (tertiary/aromatic N) is 3. The molecule has 0 fully saturated rings. The summed E-state index contributed by atoms with van der Waals surface area (Å²) in [5.74, 6) is -0.0355. The van der Waals surface area contributed by atoms with Gasteiger partial charge in [0.15, 0.2) is 5.82 Å². The van der Waals surface area contributed by atoms with Gasteiger partial charge in [0, 0.05) is 15.6 Å². The van der Waals surface area contributed by atoms with Gasteiger partial charge in [-0.25, -0.2) is 9.67 Å². The number of aryl methyl sites for hydroxylation is 1. The quantitative estimate of drug-likeness (QED) is 0.383. The van der Waals surface area contributed by atoms with Crippen LogP contribution in [0.4, 0.5) is 5.69 Å². The molecule has 0 spiro atoms. The monoisotopic (exact) mass is 456 g/mol. The summed E-state index contributed by atoms with van der Waals surface area (Å²) in [4.78, 5) is 17.3. The molecule has 0 bridgehead atoms. The summed E-state index contributed by atoms with van der Waals surface area (Å²) in [5, 5.41) is 8.73. The molecule has 1 N–H and O–H groups in total. The molecule has 0 aliphatic heterocycles. The summed E-state index contributed by atoms with van der Waals surface area (Å²) in [5.41, 5.74) is 2.79. The molecule has 5 nitrogen and oxygen atoms in total. The van der Waals surface area contributed by atoms with Crippen LogP contribution >= 0.6 is 34.8 Å². The number of benzene rings is 3. The highest BCUT2D eigenvalue weighted by atomic mass is 35.5. The van der Waals surface area contributed by atoms with Crippen LogP contribution in [-0.4, -0.2) is 20.7 Å². The Labute approximate surface area is 188 Å². The van der Waals surface area contributed by atoms with E-state index >= 15 is 0 Å². The second-order valence-electron chi connectivity index (χ2n) is 6.55. The van der Waals surface area contributed by atoms with E-state index < -0.39 is 5.91 Å². The number of para-hydroxylation sites is 1. The summed E-state index contributed by atoms with van der Waals surface area (Å²) in [6, 6.07) is 19.6. The molecule has 0 aliphatic carbocycles. The second-order valence-corrected chi connectivity index (χ2v) is 7.80. The zero-order chi connectivity index (χ0) is 21.3. The molecule has 0 radical (unpaired) electrons. The lowest BCUT2D eigenvalue weighted by molar-refractivity contribution is 0.101. The van der Waals surface area contributed by atoms with E-state index in [9.17, 15) is 4.79 Å². The Hall–Kier alpha value is -2.86. The number of carbonyl (C=O) groups is 1. The first-order chi connectivity index (χ1) is 14.4. The van der Waals surface area contributed by atoms with Crippen LogP contribution in [0, 0.1) is 6.92 Å². The van der Waals surface area contributed by atoms with Crippen LogP contribution in [0.2, 0.25) is 15.1 Å². The Bertz CT molecular complexity index is 1250. The van der Waals surface area contributed by atoms with Crippen molar-refractivity contribution < 1.29 is 4.79 Å². The predicted molar refractivity (Wildman–Crippen MR) is 121 cm³/mol. The van der Waals surface area contributed by atoms with Crippen LogP contribution in [0.5, 0.6) is 0 Å². The van der Waals surface area contributed by atoms with Crippen molar-refractivity contribution in [3.63, 3.8) is 0 Å². The third kappa shape index (κ3) is 4.19. The molecular formula is C22H15Cl3N4O. The Morgan fingerprint density at radius 2 is 1.73 bits per heavy atom. The molecule has 1 aromatic heterocycles. The number of aromatic nitrogens is 3. The lowest BCUT2D eigenvalue weighted by Crippen LogP contribution is -2.14.